The first kappa shape index (κ1) is 26.5. The zero-order valence-corrected chi connectivity index (χ0v) is 21.4. The SMILES string of the molecule is COc1cc([C@H](N=C2NC(=O)[C@@H](CC(=O)Nc3ccc(C)cc3C)S2)c2c(O)[nH]c(=O)[nH]c2=O)ccc1O. The van der Waals surface area contributed by atoms with Gasteiger partial charge in [-0.3, -0.25) is 24.4 Å². The van der Waals surface area contributed by atoms with Gasteiger partial charge in [0, 0.05) is 12.1 Å². The van der Waals surface area contributed by atoms with Crippen LogP contribution in [0.3, 0.4) is 0 Å². The summed E-state index contributed by atoms with van der Waals surface area (Å²) in [6, 6.07) is 8.56. The van der Waals surface area contributed by atoms with Crippen LogP contribution in [0.5, 0.6) is 17.4 Å². The minimum atomic E-state index is -1.21. The molecule has 0 aliphatic carbocycles. The van der Waals surface area contributed by atoms with Gasteiger partial charge in [-0.2, -0.15) is 0 Å². The number of carbonyl (C=O) groups excluding carboxylic acids is 2. The summed E-state index contributed by atoms with van der Waals surface area (Å²) in [5.74, 6) is -1.61. The molecule has 2 amide bonds. The summed E-state index contributed by atoms with van der Waals surface area (Å²) in [4.78, 5) is 58.2. The Morgan fingerprint density at radius 3 is 2.58 bits per heavy atom. The third kappa shape index (κ3) is 5.72. The first-order chi connectivity index (χ1) is 18.0. The lowest BCUT2D eigenvalue weighted by Gasteiger charge is -2.16. The average Bonchev–Trinajstić information content (AvgIpc) is 3.18. The second kappa shape index (κ2) is 10.8. The minimum absolute atomic E-state index is 0.0806. The fourth-order valence-corrected chi connectivity index (χ4v) is 4.95. The number of phenols is 1. The van der Waals surface area contributed by atoms with E-state index < -0.39 is 34.3 Å². The van der Waals surface area contributed by atoms with E-state index in [0.29, 0.717) is 11.3 Å². The number of benzene rings is 2. The van der Waals surface area contributed by atoms with Crippen molar-refractivity contribution in [1.82, 2.24) is 15.3 Å². The maximum Gasteiger partial charge on any atom is 0.328 e. The van der Waals surface area contributed by atoms with E-state index in [9.17, 15) is 29.4 Å². The molecule has 0 bridgehead atoms. The lowest BCUT2D eigenvalue weighted by atomic mass is 10.0. The number of aromatic nitrogens is 2. The van der Waals surface area contributed by atoms with E-state index in [4.69, 9.17) is 4.74 Å². The number of thioether (sulfide) groups is 1. The van der Waals surface area contributed by atoms with Crippen molar-refractivity contribution in [3.63, 3.8) is 0 Å². The maximum atomic E-state index is 12.7. The van der Waals surface area contributed by atoms with Gasteiger partial charge < -0.3 is 25.6 Å². The number of aromatic amines is 2. The van der Waals surface area contributed by atoms with Crippen molar-refractivity contribution < 1.29 is 24.5 Å². The Kier molecular flexibility index (Phi) is 7.57. The molecule has 1 saturated heterocycles. The van der Waals surface area contributed by atoms with Gasteiger partial charge in [-0.1, -0.05) is 35.5 Å². The highest BCUT2D eigenvalue weighted by Gasteiger charge is 2.34. The van der Waals surface area contributed by atoms with Crippen LogP contribution in [-0.2, 0) is 9.59 Å². The predicted molar refractivity (Wildman–Crippen MR) is 142 cm³/mol. The smallest absolute Gasteiger partial charge is 0.328 e. The molecule has 1 fully saturated rings. The Hall–Kier alpha value is -4.52. The molecule has 13 heteroatoms. The highest BCUT2D eigenvalue weighted by molar-refractivity contribution is 8.15. The summed E-state index contributed by atoms with van der Waals surface area (Å²) in [6.45, 7) is 3.82. The molecule has 2 atom stereocenters. The van der Waals surface area contributed by atoms with Crippen LogP contribution in [0, 0.1) is 13.8 Å². The van der Waals surface area contributed by atoms with Gasteiger partial charge in [0.15, 0.2) is 16.7 Å². The molecule has 2 aromatic carbocycles. The van der Waals surface area contributed by atoms with Crippen molar-refractivity contribution in [2.45, 2.75) is 31.6 Å². The number of ether oxygens (including phenoxy) is 1. The second-order valence-corrected chi connectivity index (χ2v) is 9.80. The van der Waals surface area contributed by atoms with Crippen LogP contribution in [-0.4, -0.2) is 49.5 Å². The Labute approximate surface area is 220 Å². The molecular weight excluding hydrogens is 514 g/mol. The van der Waals surface area contributed by atoms with Crippen molar-refractivity contribution >= 4 is 34.4 Å². The molecular formula is C25H25N5O7S. The number of nitrogens with zero attached hydrogens (tertiary/aromatic N) is 1. The Bertz CT molecular complexity index is 1560. The zero-order chi connectivity index (χ0) is 27.6. The summed E-state index contributed by atoms with van der Waals surface area (Å²) in [5, 5.41) is 25.1. The van der Waals surface area contributed by atoms with Crippen molar-refractivity contribution in [3.05, 3.63) is 79.5 Å². The van der Waals surface area contributed by atoms with E-state index >= 15 is 0 Å². The maximum absolute atomic E-state index is 12.7. The molecule has 12 nitrogen and oxygen atoms in total. The molecule has 0 radical (unpaired) electrons. The summed E-state index contributed by atoms with van der Waals surface area (Å²) in [7, 11) is 1.34. The highest BCUT2D eigenvalue weighted by atomic mass is 32.2. The number of carbonyl (C=O) groups is 2. The Morgan fingerprint density at radius 1 is 1.13 bits per heavy atom. The van der Waals surface area contributed by atoms with Gasteiger partial charge in [0.2, 0.25) is 17.7 Å². The molecule has 1 aromatic heterocycles. The number of phenolic OH excluding ortho intramolecular Hbond substituents is 1. The topological polar surface area (TPSA) is 186 Å². The van der Waals surface area contributed by atoms with E-state index in [1.165, 1.54) is 25.3 Å². The number of nitrogens with one attached hydrogen (secondary N) is 4. The fourth-order valence-electron chi connectivity index (χ4n) is 3.95. The molecule has 0 spiro atoms. The lowest BCUT2D eigenvalue weighted by Crippen LogP contribution is -2.29. The van der Waals surface area contributed by atoms with E-state index in [-0.39, 0.29) is 34.6 Å². The van der Waals surface area contributed by atoms with Crippen LogP contribution in [0.15, 0.2) is 51.0 Å². The number of amides is 2. The van der Waals surface area contributed by atoms with E-state index in [1.54, 1.807) is 6.07 Å². The third-order valence-electron chi connectivity index (χ3n) is 5.80. The zero-order valence-electron chi connectivity index (χ0n) is 20.6. The number of aliphatic imine (C=N–C) groups is 1. The molecule has 198 valence electrons. The number of amidine groups is 1. The quantitative estimate of drug-likeness (QED) is 0.262. The predicted octanol–water partition coefficient (Wildman–Crippen LogP) is 1.81. The average molecular weight is 540 g/mol. The van der Waals surface area contributed by atoms with Crippen molar-refractivity contribution in [2.75, 3.05) is 12.4 Å². The van der Waals surface area contributed by atoms with Gasteiger partial charge in [-0.25, -0.2) is 9.79 Å². The van der Waals surface area contributed by atoms with Gasteiger partial charge in [0.05, 0.1) is 7.11 Å². The second-order valence-electron chi connectivity index (χ2n) is 8.61. The standard InChI is InChI=1S/C25H25N5O7S/c1-11-4-6-14(12(2)8-11)26-18(32)10-17-21(33)30-25(38-17)27-20(13-5-7-15(31)16(9-13)37-3)19-22(34)28-24(36)29-23(19)35/h4-9,17,20,31H,10H2,1-3H3,(H,26,32)(H,27,30,33)(H3,28,29,34,35,36)/t17-,20+/m1/s1. The van der Waals surface area contributed by atoms with Crippen LogP contribution < -0.4 is 26.6 Å². The number of methoxy groups -OCH3 is 1. The molecule has 1 aliphatic rings. The molecule has 3 aromatic rings. The molecule has 4 rings (SSSR count). The number of anilines is 1. The number of aromatic hydroxyl groups is 2. The monoisotopic (exact) mass is 539 g/mol. The third-order valence-corrected chi connectivity index (χ3v) is 6.90. The molecule has 0 saturated carbocycles. The van der Waals surface area contributed by atoms with Gasteiger partial charge >= 0.3 is 5.69 Å². The van der Waals surface area contributed by atoms with Crippen molar-refractivity contribution in [1.29, 1.82) is 0 Å². The van der Waals surface area contributed by atoms with Crippen LogP contribution >= 0.6 is 11.8 Å². The number of hydrogen-bond acceptors (Lipinski definition) is 9. The molecule has 0 unspecified atom stereocenters. The largest absolute Gasteiger partial charge is 0.504 e. The summed E-state index contributed by atoms with van der Waals surface area (Å²) in [6.07, 6.45) is -0.134. The Morgan fingerprint density at radius 2 is 1.89 bits per heavy atom. The summed E-state index contributed by atoms with van der Waals surface area (Å²) < 4.78 is 5.14. The minimum Gasteiger partial charge on any atom is -0.504 e. The number of hydrogen-bond donors (Lipinski definition) is 6. The fraction of sp³-hybridized carbons (Fsp3) is 0.240. The van der Waals surface area contributed by atoms with E-state index in [0.717, 1.165) is 22.9 Å². The van der Waals surface area contributed by atoms with Crippen molar-refractivity contribution in [3.8, 4) is 17.4 Å². The molecule has 6 N–H and O–H groups in total. The molecule has 38 heavy (non-hydrogen) atoms. The first-order valence-electron chi connectivity index (χ1n) is 11.4. The van der Waals surface area contributed by atoms with Gasteiger partial charge in [0.25, 0.3) is 5.56 Å². The van der Waals surface area contributed by atoms with Crippen molar-refractivity contribution in [2.24, 2.45) is 4.99 Å². The van der Waals surface area contributed by atoms with Gasteiger partial charge in [-0.15, -0.1) is 0 Å². The summed E-state index contributed by atoms with van der Waals surface area (Å²) >= 11 is 0.992. The molecule has 2 heterocycles. The summed E-state index contributed by atoms with van der Waals surface area (Å²) in [5.41, 5.74) is 0.798. The van der Waals surface area contributed by atoms with Gasteiger partial charge in [-0.05, 0) is 43.2 Å². The number of H-pyrrole nitrogens is 2. The normalized spacial score (nSPS) is 16.8. The highest BCUT2D eigenvalue weighted by Crippen LogP contribution is 2.36. The van der Waals surface area contributed by atoms with Crippen LogP contribution in [0.25, 0.3) is 0 Å². The number of rotatable bonds is 7. The lowest BCUT2D eigenvalue weighted by molar-refractivity contribution is -0.122. The first-order valence-corrected chi connectivity index (χ1v) is 12.3. The van der Waals surface area contributed by atoms with E-state index in [2.05, 4.69) is 20.6 Å². The number of aryl methyl sites for hydroxylation is 2. The van der Waals surface area contributed by atoms with Crippen LogP contribution in [0.2, 0.25) is 0 Å². The van der Waals surface area contributed by atoms with E-state index in [1.807, 2.05) is 31.0 Å². The van der Waals surface area contributed by atoms with Gasteiger partial charge in [0.1, 0.15) is 16.9 Å². The van der Waals surface area contributed by atoms with Crippen LogP contribution in [0.1, 0.15) is 34.7 Å². The van der Waals surface area contributed by atoms with Crippen LogP contribution in [0.4, 0.5) is 5.69 Å². The Balaban J connectivity index is 1.63. The molecule has 1 aliphatic heterocycles.